The van der Waals surface area contributed by atoms with Crippen LogP contribution >= 0.6 is 0 Å². The summed E-state index contributed by atoms with van der Waals surface area (Å²) in [6.07, 6.45) is 1.03. The highest BCUT2D eigenvalue weighted by Gasteiger charge is 1.97. The Bertz CT molecular complexity index is 280. The number of aromatic amines is 1. The van der Waals surface area contributed by atoms with Crippen molar-refractivity contribution in [2.24, 2.45) is 0 Å². The van der Waals surface area contributed by atoms with Crippen molar-refractivity contribution >= 4 is 0 Å². The van der Waals surface area contributed by atoms with Crippen molar-refractivity contribution in [1.29, 1.82) is 0 Å². The van der Waals surface area contributed by atoms with Gasteiger partial charge in [0.15, 0.2) is 5.75 Å². The van der Waals surface area contributed by atoms with Crippen molar-refractivity contribution in [3.8, 4) is 11.8 Å². The van der Waals surface area contributed by atoms with Gasteiger partial charge < -0.3 is 9.84 Å². The molecule has 0 fully saturated rings. The van der Waals surface area contributed by atoms with Crippen LogP contribution in [0.5, 0.6) is 11.8 Å². The lowest BCUT2D eigenvalue weighted by Crippen LogP contribution is -2.07. The van der Waals surface area contributed by atoms with E-state index in [1.807, 2.05) is 0 Å². The Morgan fingerprint density at radius 2 is 2.50 bits per heavy atom. The Kier molecular flexibility index (Phi) is 1.57. The van der Waals surface area contributed by atoms with Crippen LogP contribution in [0.1, 0.15) is 0 Å². The highest BCUT2D eigenvalue weighted by molar-refractivity contribution is 5.11. The van der Waals surface area contributed by atoms with Gasteiger partial charge in [0, 0.05) is 0 Å². The number of aromatic nitrogens is 2. The number of nitrogens with one attached hydrogen (secondary N) is 1. The maximum absolute atomic E-state index is 10.6. The molecule has 0 saturated heterocycles. The third kappa shape index (κ3) is 1.07. The van der Waals surface area contributed by atoms with Crippen LogP contribution in [0.25, 0.3) is 0 Å². The van der Waals surface area contributed by atoms with Gasteiger partial charge in [-0.1, -0.05) is 0 Å². The summed E-state index contributed by atoms with van der Waals surface area (Å²) < 4.78 is 4.57. The number of methoxy groups -OCH3 is 1. The number of rotatable bonds is 1. The molecular formula is C5H6N2O3. The average molecular weight is 142 g/mol. The van der Waals surface area contributed by atoms with Crippen LogP contribution < -0.4 is 10.3 Å². The monoisotopic (exact) mass is 142 g/mol. The number of aromatic hydroxyl groups is 1. The lowest BCUT2D eigenvalue weighted by Gasteiger charge is -1.95. The van der Waals surface area contributed by atoms with Gasteiger partial charge in [-0.3, -0.25) is 9.78 Å². The molecule has 0 radical (unpaired) electrons. The molecule has 0 spiro atoms. The molecule has 1 heterocycles. The zero-order valence-electron chi connectivity index (χ0n) is 5.29. The molecule has 10 heavy (non-hydrogen) atoms. The largest absolute Gasteiger partial charge is 0.502 e. The Morgan fingerprint density at radius 3 is 3.00 bits per heavy atom. The summed E-state index contributed by atoms with van der Waals surface area (Å²) in [6.45, 7) is 0. The first-order valence-electron chi connectivity index (χ1n) is 2.56. The van der Waals surface area contributed by atoms with Crippen LogP contribution in [0.4, 0.5) is 0 Å². The van der Waals surface area contributed by atoms with E-state index in [1.165, 1.54) is 7.11 Å². The van der Waals surface area contributed by atoms with Crippen LogP contribution in [0.2, 0.25) is 0 Å². The van der Waals surface area contributed by atoms with E-state index in [1.54, 1.807) is 0 Å². The second-order valence-corrected chi connectivity index (χ2v) is 1.61. The zero-order valence-corrected chi connectivity index (χ0v) is 5.29. The highest BCUT2D eigenvalue weighted by atomic mass is 16.5. The summed E-state index contributed by atoms with van der Waals surface area (Å²) in [5.74, 6) is -0.416. The fourth-order valence-corrected chi connectivity index (χ4v) is 0.476. The van der Waals surface area contributed by atoms with Crippen molar-refractivity contribution in [2.45, 2.75) is 0 Å². The molecule has 1 aromatic heterocycles. The summed E-state index contributed by atoms with van der Waals surface area (Å²) in [4.78, 5) is 16.3. The molecule has 54 valence electrons. The lowest BCUT2D eigenvalue weighted by molar-refractivity contribution is 0.372. The number of hydrogen-bond acceptors (Lipinski definition) is 4. The molecule has 1 rings (SSSR count). The average Bonchev–Trinajstić information content (AvgIpc) is 1.95. The van der Waals surface area contributed by atoms with Crippen LogP contribution in [-0.2, 0) is 0 Å². The van der Waals surface area contributed by atoms with Gasteiger partial charge in [-0.15, -0.1) is 0 Å². The van der Waals surface area contributed by atoms with Gasteiger partial charge in [0.05, 0.1) is 13.3 Å². The summed E-state index contributed by atoms with van der Waals surface area (Å²) in [5.41, 5.74) is -0.605. The van der Waals surface area contributed by atoms with E-state index in [4.69, 9.17) is 5.11 Å². The van der Waals surface area contributed by atoms with E-state index in [-0.39, 0.29) is 6.01 Å². The van der Waals surface area contributed by atoms with E-state index in [0.29, 0.717) is 0 Å². The van der Waals surface area contributed by atoms with Gasteiger partial charge in [-0.2, -0.15) is 0 Å². The first-order valence-corrected chi connectivity index (χ1v) is 2.56. The molecular weight excluding hydrogens is 136 g/mol. The van der Waals surface area contributed by atoms with Crippen molar-refractivity contribution < 1.29 is 9.84 Å². The minimum absolute atomic E-state index is 0.0859. The summed E-state index contributed by atoms with van der Waals surface area (Å²) in [6, 6.07) is 0.0859. The first-order chi connectivity index (χ1) is 4.74. The Morgan fingerprint density at radius 1 is 1.80 bits per heavy atom. The molecule has 0 aromatic carbocycles. The molecule has 5 heteroatoms. The summed E-state index contributed by atoms with van der Waals surface area (Å²) in [7, 11) is 1.37. The fraction of sp³-hybridized carbons (Fsp3) is 0.200. The number of H-pyrrole nitrogens is 1. The van der Waals surface area contributed by atoms with Crippen LogP contribution in [0.3, 0.4) is 0 Å². The molecule has 0 saturated carbocycles. The molecule has 0 aliphatic rings. The molecule has 0 aliphatic heterocycles. The quantitative estimate of drug-likeness (QED) is 0.553. The van der Waals surface area contributed by atoms with E-state index in [0.717, 1.165) is 6.20 Å². The highest BCUT2D eigenvalue weighted by Crippen LogP contribution is 1.99. The van der Waals surface area contributed by atoms with Crippen LogP contribution in [-0.4, -0.2) is 22.2 Å². The zero-order chi connectivity index (χ0) is 7.56. The van der Waals surface area contributed by atoms with Crippen molar-refractivity contribution in [2.75, 3.05) is 7.11 Å². The minimum atomic E-state index is -0.605. The molecule has 2 N–H and O–H groups in total. The number of hydrogen-bond donors (Lipinski definition) is 2. The Labute approximate surface area is 56.3 Å². The van der Waals surface area contributed by atoms with E-state index in [9.17, 15) is 4.79 Å². The van der Waals surface area contributed by atoms with Crippen LogP contribution in [0.15, 0.2) is 11.0 Å². The van der Waals surface area contributed by atoms with E-state index in [2.05, 4.69) is 14.7 Å². The second-order valence-electron chi connectivity index (χ2n) is 1.61. The first kappa shape index (κ1) is 6.60. The third-order valence-electron chi connectivity index (χ3n) is 0.951. The molecule has 0 amide bonds. The van der Waals surface area contributed by atoms with Crippen molar-refractivity contribution in [1.82, 2.24) is 9.97 Å². The summed E-state index contributed by atoms with van der Waals surface area (Å²) in [5, 5.41) is 8.68. The fourth-order valence-electron chi connectivity index (χ4n) is 0.476. The molecule has 1 aromatic rings. The van der Waals surface area contributed by atoms with Gasteiger partial charge in [0.25, 0.3) is 11.6 Å². The number of ether oxygens (including phenoxy) is 1. The Hall–Kier alpha value is -1.52. The minimum Gasteiger partial charge on any atom is -0.502 e. The maximum atomic E-state index is 10.6. The molecule has 0 unspecified atom stereocenters. The van der Waals surface area contributed by atoms with Gasteiger partial charge in [-0.05, 0) is 0 Å². The normalized spacial score (nSPS) is 9.30. The third-order valence-corrected chi connectivity index (χ3v) is 0.951. The summed E-state index contributed by atoms with van der Waals surface area (Å²) >= 11 is 0. The van der Waals surface area contributed by atoms with Gasteiger partial charge in [-0.25, -0.2) is 4.98 Å². The van der Waals surface area contributed by atoms with Crippen molar-refractivity contribution in [3.63, 3.8) is 0 Å². The SMILES string of the molecule is COc1ncc(O)c(=O)[nH]1. The molecule has 5 nitrogen and oxygen atoms in total. The maximum Gasteiger partial charge on any atom is 0.296 e. The van der Waals surface area contributed by atoms with Crippen molar-refractivity contribution in [3.05, 3.63) is 16.6 Å². The molecule has 0 atom stereocenters. The topological polar surface area (TPSA) is 75.2 Å². The predicted molar refractivity (Wildman–Crippen MR) is 33.1 cm³/mol. The van der Waals surface area contributed by atoms with E-state index < -0.39 is 11.3 Å². The number of nitrogens with zero attached hydrogens (tertiary/aromatic N) is 1. The second kappa shape index (κ2) is 2.38. The van der Waals surface area contributed by atoms with Gasteiger partial charge in [0.1, 0.15) is 0 Å². The van der Waals surface area contributed by atoms with Gasteiger partial charge >= 0.3 is 0 Å². The van der Waals surface area contributed by atoms with E-state index >= 15 is 0 Å². The van der Waals surface area contributed by atoms with Crippen LogP contribution in [0, 0.1) is 0 Å². The smallest absolute Gasteiger partial charge is 0.296 e. The molecule has 0 aliphatic carbocycles. The molecule has 0 bridgehead atoms. The standard InChI is InChI=1S/C5H6N2O3/c1-10-5-6-2-3(8)4(9)7-5/h2,8H,1H3,(H,6,7,9). The lowest BCUT2D eigenvalue weighted by atomic mass is 10.6. The van der Waals surface area contributed by atoms with Gasteiger partial charge in [0.2, 0.25) is 0 Å². The predicted octanol–water partition coefficient (Wildman–Crippen LogP) is -0.516. The Balaban J connectivity index is 3.17.